The van der Waals surface area contributed by atoms with Crippen molar-refractivity contribution in [3.63, 3.8) is 0 Å². The monoisotopic (exact) mass is 281 g/mol. The van der Waals surface area contributed by atoms with Gasteiger partial charge in [-0.05, 0) is 29.2 Å². The Morgan fingerprint density at radius 2 is 1.44 bits per heavy atom. The van der Waals surface area contributed by atoms with Crippen LogP contribution in [0.5, 0.6) is 5.75 Å². The summed E-state index contributed by atoms with van der Waals surface area (Å²) < 4.78 is 23.4. The highest BCUT2D eigenvalue weighted by Crippen LogP contribution is 2.22. The largest absolute Gasteiger partial charge is 0.393 e. The lowest BCUT2D eigenvalue weighted by molar-refractivity contribution is 0.272. The third-order valence-corrected chi connectivity index (χ3v) is 4.37. The summed E-state index contributed by atoms with van der Waals surface area (Å²) in [7, 11) is -2.89. The minimum atomic E-state index is -3.59. The van der Waals surface area contributed by atoms with Gasteiger partial charge in [0, 0.05) is 15.7 Å². The first-order chi connectivity index (χ1) is 8.66. The van der Waals surface area contributed by atoms with Crippen LogP contribution in [0.1, 0.15) is 0 Å². The average molecular weight is 281 g/mol. The zero-order valence-corrected chi connectivity index (χ0v) is 10.9. The summed E-state index contributed by atoms with van der Waals surface area (Å²) >= 11 is 0. The highest BCUT2D eigenvalue weighted by Gasteiger charge is 2.13. The fraction of sp³-hybridized carbons (Fsp3) is 0. The van der Waals surface area contributed by atoms with Gasteiger partial charge in [0.2, 0.25) is 0 Å². The molecule has 0 aliphatic rings. The van der Waals surface area contributed by atoms with Gasteiger partial charge in [0.1, 0.15) is 5.75 Å². The van der Waals surface area contributed by atoms with Gasteiger partial charge in [0.05, 0.1) is 0 Å². The van der Waals surface area contributed by atoms with E-state index < -0.39 is 9.06 Å². The molecule has 0 aliphatic carbocycles. The number of nitrogens with one attached hydrogen (secondary N) is 1. The van der Waals surface area contributed by atoms with Crippen molar-refractivity contribution in [1.29, 1.82) is 0 Å². The molecule has 0 atom stereocenters. The molecule has 0 aliphatic heterocycles. The molecular weight excluding hydrogens is 270 g/mol. The molecule has 0 unspecified atom stereocenters. The Bertz CT molecular complexity index is 585. The molecule has 0 bridgehead atoms. The Morgan fingerprint density at radius 1 is 0.889 bits per heavy atom. The maximum atomic E-state index is 11.7. The second-order valence-corrected chi connectivity index (χ2v) is 6.88. The van der Waals surface area contributed by atoms with Crippen LogP contribution in [-0.2, 0) is 9.06 Å². The number of rotatable bonds is 5. The summed E-state index contributed by atoms with van der Waals surface area (Å²) in [6.07, 6.45) is 0. The van der Waals surface area contributed by atoms with E-state index in [1.165, 1.54) is 0 Å². The molecule has 0 heterocycles. The molecule has 0 spiro atoms. The van der Waals surface area contributed by atoms with Gasteiger partial charge in [-0.15, -0.1) is 0 Å². The van der Waals surface area contributed by atoms with Crippen LogP contribution < -0.4 is 9.72 Å². The normalized spacial score (nSPS) is 11.1. The van der Waals surface area contributed by atoms with E-state index in [1.54, 1.807) is 48.5 Å². The van der Waals surface area contributed by atoms with Crippen LogP contribution in [0.4, 0.5) is 0 Å². The Labute approximate surface area is 109 Å². The van der Waals surface area contributed by atoms with E-state index in [0.717, 1.165) is 0 Å². The third-order valence-electron chi connectivity index (χ3n) is 1.95. The molecule has 0 aromatic heterocycles. The lowest BCUT2D eigenvalue weighted by Crippen LogP contribution is -2.23. The number of benzene rings is 2. The lowest BCUT2D eigenvalue weighted by atomic mass is 10.3. The predicted molar refractivity (Wildman–Crippen MR) is 71.4 cm³/mol. The first-order valence-electron chi connectivity index (χ1n) is 5.14. The summed E-state index contributed by atoms with van der Waals surface area (Å²) in [6, 6.07) is 17.5. The van der Waals surface area contributed by atoms with E-state index >= 15 is 0 Å². The molecule has 2 aromatic rings. The lowest BCUT2D eigenvalue weighted by Gasteiger charge is -2.07. The zero-order valence-electron chi connectivity index (χ0n) is 9.31. The van der Waals surface area contributed by atoms with Gasteiger partial charge in [-0.1, -0.05) is 36.4 Å². The van der Waals surface area contributed by atoms with E-state index in [1.807, 2.05) is 12.1 Å². The number of hydrogen-bond acceptors (Lipinski definition) is 4. The predicted octanol–water partition coefficient (Wildman–Crippen LogP) is 2.61. The van der Waals surface area contributed by atoms with Crippen molar-refractivity contribution in [3.05, 3.63) is 60.7 Å². The molecule has 18 heavy (non-hydrogen) atoms. The third kappa shape index (κ3) is 4.06. The fourth-order valence-corrected chi connectivity index (χ4v) is 3.26. The SMILES string of the molecule is O=S(=O)(NOc1ccccc1)Sc1ccccc1. The van der Waals surface area contributed by atoms with Crippen LogP contribution in [0, 0.1) is 0 Å². The van der Waals surface area contributed by atoms with Crippen LogP contribution in [0.25, 0.3) is 0 Å². The van der Waals surface area contributed by atoms with Crippen molar-refractivity contribution in [2.45, 2.75) is 4.90 Å². The van der Waals surface area contributed by atoms with Gasteiger partial charge in [0.15, 0.2) is 0 Å². The Balaban J connectivity index is 1.96. The standard InChI is InChI=1S/C12H11NO3S2/c14-18(15,17-12-9-5-2-6-10-12)13-16-11-7-3-1-4-8-11/h1-10,13H. The van der Waals surface area contributed by atoms with Gasteiger partial charge in [-0.25, -0.2) is 0 Å². The Hall–Kier alpha value is -1.50. The number of para-hydroxylation sites is 1. The highest BCUT2D eigenvalue weighted by atomic mass is 33.1. The van der Waals surface area contributed by atoms with Crippen molar-refractivity contribution < 1.29 is 13.3 Å². The van der Waals surface area contributed by atoms with Crippen LogP contribution in [0.15, 0.2) is 65.6 Å². The van der Waals surface area contributed by atoms with Gasteiger partial charge in [-0.2, -0.15) is 8.42 Å². The topological polar surface area (TPSA) is 55.4 Å². The fourth-order valence-electron chi connectivity index (χ4n) is 1.21. The molecule has 4 nitrogen and oxygen atoms in total. The molecule has 0 saturated carbocycles. The van der Waals surface area contributed by atoms with Gasteiger partial charge in [-0.3, -0.25) is 0 Å². The summed E-state index contributed by atoms with van der Waals surface area (Å²) in [5.74, 6) is 0.440. The Morgan fingerprint density at radius 3 is 2.06 bits per heavy atom. The Kier molecular flexibility index (Phi) is 4.24. The minimum absolute atomic E-state index is 0.440. The smallest absolute Gasteiger partial charge is 0.300 e. The van der Waals surface area contributed by atoms with Crippen LogP contribution in [-0.4, -0.2) is 8.42 Å². The molecule has 0 amide bonds. The second-order valence-electron chi connectivity index (χ2n) is 3.35. The minimum Gasteiger partial charge on any atom is -0.393 e. The van der Waals surface area contributed by atoms with E-state index in [4.69, 9.17) is 4.84 Å². The quantitative estimate of drug-likeness (QED) is 0.676. The molecule has 0 radical (unpaired) electrons. The maximum Gasteiger partial charge on any atom is 0.300 e. The van der Waals surface area contributed by atoms with Crippen molar-refractivity contribution in [3.8, 4) is 5.75 Å². The van der Waals surface area contributed by atoms with E-state index in [-0.39, 0.29) is 0 Å². The molecule has 2 aromatic carbocycles. The van der Waals surface area contributed by atoms with Crippen LogP contribution in [0.3, 0.4) is 0 Å². The van der Waals surface area contributed by atoms with Crippen molar-refractivity contribution in [1.82, 2.24) is 4.89 Å². The molecule has 0 fully saturated rings. The van der Waals surface area contributed by atoms with Crippen LogP contribution in [0.2, 0.25) is 0 Å². The molecule has 2 rings (SSSR count). The highest BCUT2D eigenvalue weighted by molar-refractivity contribution is 8.71. The summed E-state index contributed by atoms with van der Waals surface area (Å²) in [6.45, 7) is 0. The van der Waals surface area contributed by atoms with E-state index in [9.17, 15) is 8.42 Å². The summed E-state index contributed by atoms with van der Waals surface area (Å²) in [5.41, 5.74) is 0. The summed E-state index contributed by atoms with van der Waals surface area (Å²) in [4.78, 5) is 7.67. The van der Waals surface area contributed by atoms with Gasteiger partial charge < -0.3 is 4.84 Å². The van der Waals surface area contributed by atoms with E-state index in [2.05, 4.69) is 4.89 Å². The van der Waals surface area contributed by atoms with Crippen molar-refractivity contribution in [2.75, 3.05) is 0 Å². The molecule has 0 saturated heterocycles. The summed E-state index contributed by atoms with van der Waals surface area (Å²) in [5, 5.41) is 0. The first-order valence-corrected chi connectivity index (χ1v) is 7.95. The van der Waals surface area contributed by atoms with E-state index in [0.29, 0.717) is 21.4 Å². The maximum absolute atomic E-state index is 11.7. The molecule has 94 valence electrons. The van der Waals surface area contributed by atoms with Crippen molar-refractivity contribution in [2.24, 2.45) is 0 Å². The molecule has 6 heteroatoms. The first kappa shape index (κ1) is 12.9. The zero-order chi connectivity index (χ0) is 12.8. The average Bonchev–Trinajstić information content (AvgIpc) is 2.38. The van der Waals surface area contributed by atoms with Gasteiger partial charge >= 0.3 is 0 Å². The van der Waals surface area contributed by atoms with Crippen LogP contribution >= 0.6 is 10.8 Å². The molecular formula is C12H11NO3S2. The second kappa shape index (κ2) is 5.90. The molecule has 1 N–H and O–H groups in total. The number of hydrogen-bond donors (Lipinski definition) is 1. The van der Waals surface area contributed by atoms with Gasteiger partial charge in [0.25, 0.3) is 9.06 Å². The van der Waals surface area contributed by atoms with Crippen molar-refractivity contribution >= 4 is 19.8 Å².